The van der Waals surface area contributed by atoms with E-state index in [0.29, 0.717) is 6.04 Å². The Hall–Kier alpha value is -0.820. The molecule has 2 aliphatic rings. The van der Waals surface area contributed by atoms with Gasteiger partial charge in [0.05, 0.1) is 0 Å². The Morgan fingerprint density at radius 1 is 1.00 bits per heavy atom. The normalized spacial score (nSPS) is 24.7. The summed E-state index contributed by atoms with van der Waals surface area (Å²) in [5.74, 6) is 0. The molecule has 2 aliphatic carbocycles. The third-order valence-corrected chi connectivity index (χ3v) is 5.50. The van der Waals surface area contributed by atoms with Crippen molar-refractivity contribution in [3.8, 4) is 0 Å². The first-order chi connectivity index (χ1) is 9.27. The van der Waals surface area contributed by atoms with Gasteiger partial charge in [-0.3, -0.25) is 0 Å². The lowest BCUT2D eigenvalue weighted by Gasteiger charge is -2.38. The number of rotatable bonds is 3. The summed E-state index contributed by atoms with van der Waals surface area (Å²) >= 11 is 0. The first-order valence-corrected chi connectivity index (χ1v) is 8.08. The van der Waals surface area contributed by atoms with Crippen LogP contribution in [0.2, 0.25) is 0 Å². The smallest absolute Gasteiger partial charge is 0.0294 e. The molecule has 2 fully saturated rings. The molecular formula is C18H27N. The molecular weight excluding hydrogens is 230 g/mol. The average Bonchev–Trinajstić information content (AvgIpc) is 2.91. The molecule has 19 heavy (non-hydrogen) atoms. The summed E-state index contributed by atoms with van der Waals surface area (Å²) in [7, 11) is 0. The quantitative estimate of drug-likeness (QED) is 0.817. The maximum Gasteiger partial charge on any atom is 0.0294 e. The summed E-state index contributed by atoms with van der Waals surface area (Å²) < 4.78 is 0. The van der Waals surface area contributed by atoms with E-state index in [1.54, 1.807) is 0 Å². The summed E-state index contributed by atoms with van der Waals surface area (Å²) in [5.41, 5.74) is 2.18. The predicted molar refractivity (Wildman–Crippen MR) is 81.1 cm³/mol. The predicted octanol–water partition coefficient (Wildman–Crippen LogP) is 4.84. The van der Waals surface area contributed by atoms with Gasteiger partial charge in [-0.05, 0) is 56.4 Å². The molecule has 0 saturated heterocycles. The molecule has 3 rings (SSSR count). The van der Waals surface area contributed by atoms with Crippen LogP contribution >= 0.6 is 0 Å². The summed E-state index contributed by atoms with van der Waals surface area (Å²) in [5, 5.41) is 3.84. The third-order valence-electron chi connectivity index (χ3n) is 5.50. The summed E-state index contributed by atoms with van der Waals surface area (Å²) in [6, 6.07) is 12.1. The fraction of sp³-hybridized carbons (Fsp3) is 0.667. The van der Waals surface area contributed by atoms with Gasteiger partial charge >= 0.3 is 0 Å². The Balaban J connectivity index is 1.52. The van der Waals surface area contributed by atoms with E-state index >= 15 is 0 Å². The van der Waals surface area contributed by atoms with Crippen LogP contribution < -0.4 is 5.32 Å². The lowest BCUT2D eigenvalue weighted by Crippen LogP contribution is -2.37. The molecule has 0 bridgehead atoms. The lowest BCUT2D eigenvalue weighted by atomic mass is 9.71. The summed E-state index contributed by atoms with van der Waals surface area (Å²) in [6.07, 6.45) is 11.7. The van der Waals surface area contributed by atoms with E-state index in [4.69, 9.17) is 0 Å². The van der Waals surface area contributed by atoms with E-state index in [0.717, 1.165) is 11.5 Å². The number of nitrogens with one attached hydrogen (secondary N) is 1. The molecule has 1 heteroatoms. The minimum absolute atomic E-state index is 0.490. The molecule has 0 heterocycles. The van der Waals surface area contributed by atoms with Crippen LogP contribution in [0.15, 0.2) is 30.3 Å². The third kappa shape index (κ3) is 3.02. The van der Waals surface area contributed by atoms with Crippen LogP contribution in [0.25, 0.3) is 0 Å². The van der Waals surface area contributed by atoms with E-state index in [1.807, 2.05) is 0 Å². The van der Waals surface area contributed by atoms with E-state index in [-0.39, 0.29) is 0 Å². The van der Waals surface area contributed by atoms with Crippen molar-refractivity contribution in [1.29, 1.82) is 0 Å². The Morgan fingerprint density at radius 2 is 1.63 bits per heavy atom. The van der Waals surface area contributed by atoms with Gasteiger partial charge in [0.1, 0.15) is 0 Å². The monoisotopic (exact) mass is 257 g/mol. The molecule has 0 amide bonds. The fourth-order valence-electron chi connectivity index (χ4n) is 4.21. The number of hydrogen-bond acceptors (Lipinski definition) is 1. The second-order valence-electron chi connectivity index (χ2n) is 6.78. The maximum atomic E-state index is 3.84. The van der Waals surface area contributed by atoms with Gasteiger partial charge < -0.3 is 5.32 Å². The van der Waals surface area contributed by atoms with Gasteiger partial charge in [-0.15, -0.1) is 0 Å². The highest BCUT2D eigenvalue weighted by atomic mass is 14.9. The minimum Gasteiger partial charge on any atom is -0.307 e. The first-order valence-electron chi connectivity index (χ1n) is 8.08. The molecule has 2 saturated carbocycles. The summed E-state index contributed by atoms with van der Waals surface area (Å²) in [4.78, 5) is 0. The van der Waals surface area contributed by atoms with Gasteiger partial charge in [0.2, 0.25) is 0 Å². The van der Waals surface area contributed by atoms with Gasteiger partial charge in [-0.1, -0.05) is 43.2 Å². The van der Waals surface area contributed by atoms with Crippen LogP contribution in [0.1, 0.15) is 69.9 Å². The molecule has 1 spiro atoms. The Morgan fingerprint density at radius 3 is 2.26 bits per heavy atom. The molecule has 0 aromatic heterocycles. The van der Waals surface area contributed by atoms with Crippen LogP contribution in [0.5, 0.6) is 0 Å². The lowest BCUT2D eigenvalue weighted by molar-refractivity contribution is 0.164. The van der Waals surface area contributed by atoms with Crippen molar-refractivity contribution in [1.82, 2.24) is 5.32 Å². The van der Waals surface area contributed by atoms with E-state index < -0.39 is 0 Å². The van der Waals surface area contributed by atoms with Crippen molar-refractivity contribution >= 4 is 0 Å². The largest absolute Gasteiger partial charge is 0.307 e. The van der Waals surface area contributed by atoms with E-state index in [2.05, 4.69) is 42.6 Å². The van der Waals surface area contributed by atoms with Crippen LogP contribution in [0, 0.1) is 5.41 Å². The molecule has 0 aliphatic heterocycles. The minimum atomic E-state index is 0.490. The van der Waals surface area contributed by atoms with Crippen molar-refractivity contribution in [3.05, 3.63) is 35.9 Å². The molecule has 0 radical (unpaired) electrons. The Bertz CT molecular complexity index is 381. The SMILES string of the molecule is C[C@H](NC1CCC2(CCCC2)CC1)c1ccccc1. The standard InChI is InChI=1S/C18H27N/c1-15(16-7-3-2-4-8-16)19-17-9-13-18(14-10-17)11-5-6-12-18/h2-4,7-8,15,17,19H,5-6,9-14H2,1H3/t15-/m0/s1. The fourth-order valence-corrected chi connectivity index (χ4v) is 4.21. The highest BCUT2D eigenvalue weighted by Gasteiger charge is 2.37. The number of hydrogen-bond donors (Lipinski definition) is 1. The highest BCUT2D eigenvalue weighted by molar-refractivity contribution is 5.18. The second kappa shape index (κ2) is 5.66. The van der Waals surface area contributed by atoms with Gasteiger partial charge in [-0.2, -0.15) is 0 Å². The second-order valence-corrected chi connectivity index (χ2v) is 6.78. The van der Waals surface area contributed by atoms with Crippen molar-refractivity contribution in [2.24, 2.45) is 5.41 Å². The van der Waals surface area contributed by atoms with Gasteiger partial charge in [-0.25, -0.2) is 0 Å². The van der Waals surface area contributed by atoms with Crippen LogP contribution in [-0.4, -0.2) is 6.04 Å². The van der Waals surface area contributed by atoms with Gasteiger partial charge in [0, 0.05) is 12.1 Å². The topological polar surface area (TPSA) is 12.0 Å². The zero-order valence-electron chi connectivity index (χ0n) is 12.2. The van der Waals surface area contributed by atoms with Crippen molar-refractivity contribution < 1.29 is 0 Å². The Kier molecular flexibility index (Phi) is 3.93. The van der Waals surface area contributed by atoms with Crippen molar-refractivity contribution in [2.75, 3.05) is 0 Å². The average molecular weight is 257 g/mol. The number of benzene rings is 1. The molecule has 1 N–H and O–H groups in total. The van der Waals surface area contributed by atoms with Gasteiger partial charge in [0.25, 0.3) is 0 Å². The maximum absolute atomic E-state index is 3.84. The summed E-state index contributed by atoms with van der Waals surface area (Å²) in [6.45, 7) is 2.30. The van der Waals surface area contributed by atoms with Crippen LogP contribution in [0.3, 0.4) is 0 Å². The van der Waals surface area contributed by atoms with Crippen LogP contribution in [0.4, 0.5) is 0 Å². The van der Waals surface area contributed by atoms with E-state index in [1.165, 1.54) is 56.9 Å². The van der Waals surface area contributed by atoms with Crippen molar-refractivity contribution in [2.45, 2.75) is 70.4 Å². The first kappa shape index (κ1) is 13.2. The molecule has 1 atom stereocenters. The highest BCUT2D eigenvalue weighted by Crippen LogP contribution is 2.49. The van der Waals surface area contributed by atoms with Gasteiger partial charge in [0.15, 0.2) is 0 Å². The van der Waals surface area contributed by atoms with Crippen LogP contribution in [-0.2, 0) is 0 Å². The molecule has 1 nitrogen and oxygen atoms in total. The molecule has 1 aromatic carbocycles. The molecule has 0 unspecified atom stereocenters. The van der Waals surface area contributed by atoms with E-state index in [9.17, 15) is 0 Å². The zero-order chi connectivity index (χ0) is 13.1. The molecule has 104 valence electrons. The Labute approximate surface area is 117 Å². The zero-order valence-corrected chi connectivity index (χ0v) is 12.2. The molecule has 1 aromatic rings. The van der Waals surface area contributed by atoms with Crippen molar-refractivity contribution in [3.63, 3.8) is 0 Å².